The second-order valence-corrected chi connectivity index (χ2v) is 9.30. The zero-order valence-electron chi connectivity index (χ0n) is 17.6. The van der Waals surface area contributed by atoms with Crippen LogP contribution in [-0.4, -0.2) is 18.9 Å². The largest absolute Gasteiger partial charge is 0.465 e. The Morgan fingerprint density at radius 1 is 0.724 bits per heavy atom. The standard InChI is InChI=1S/C26H26O3/c1-25(2)15-26(3,4)22-14-19(10-11-21(22)25)23(27)18-8-6-17-13-20(24(28)29-5)9-7-16(17)12-18/h6-14H,15H2,1-5H3. The highest BCUT2D eigenvalue weighted by atomic mass is 16.5. The minimum absolute atomic E-state index is 0.0206. The molecular formula is C26H26O3. The molecule has 0 saturated heterocycles. The van der Waals surface area contributed by atoms with Gasteiger partial charge in [-0.05, 0) is 63.4 Å². The average Bonchev–Trinajstić information content (AvgIpc) is 2.89. The van der Waals surface area contributed by atoms with Crippen molar-refractivity contribution in [1.82, 2.24) is 0 Å². The molecule has 0 radical (unpaired) electrons. The summed E-state index contributed by atoms with van der Waals surface area (Å²) in [7, 11) is 1.37. The summed E-state index contributed by atoms with van der Waals surface area (Å²) in [6, 6.07) is 17.1. The lowest BCUT2D eigenvalue weighted by molar-refractivity contribution is 0.0600. The highest BCUT2D eigenvalue weighted by Crippen LogP contribution is 2.49. The van der Waals surface area contributed by atoms with Crippen molar-refractivity contribution in [1.29, 1.82) is 0 Å². The maximum absolute atomic E-state index is 13.2. The fourth-order valence-electron chi connectivity index (χ4n) is 4.93. The van der Waals surface area contributed by atoms with Gasteiger partial charge in [0.25, 0.3) is 0 Å². The third-order valence-corrected chi connectivity index (χ3v) is 6.15. The fraction of sp³-hybridized carbons (Fsp3) is 0.308. The second-order valence-electron chi connectivity index (χ2n) is 9.30. The number of rotatable bonds is 3. The summed E-state index contributed by atoms with van der Waals surface area (Å²) in [6.07, 6.45) is 1.07. The van der Waals surface area contributed by atoms with Gasteiger partial charge in [-0.15, -0.1) is 0 Å². The molecule has 0 N–H and O–H groups in total. The Hall–Kier alpha value is -2.94. The first-order valence-corrected chi connectivity index (χ1v) is 9.94. The van der Waals surface area contributed by atoms with E-state index in [4.69, 9.17) is 4.74 Å². The normalized spacial score (nSPS) is 16.4. The van der Waals surface area contributed by atoms with Gasteiger partial charge in [-0.25, -0.2) is 4.79 Å². The zero-order chi connectivity index (χ0) is 21.0. The number of esters is 1. The van der Waals surface area contributed by atoms with Gasteiger partial charge >= 0.3 is 5.97 Å². The van der Waals surface area contributed by atoms with Crippen molar-refractivity contribution >= 4 is 22.5 Å². The van der Waals surface area contributed by atoms with Crippen molar-refractivity contribution in [2.75, 3.05) is 7.11 Å². The topological polar surface area (TPSA) is 43.4 Å². The van der Waals surface area contributed by atoms with E-state index in [0.29, 0.717) is 11.1 Å². The lowest BCUT2D eigenvalue weighted by atomic mass is 9.82. The number of ketones is 1. The van der Waals surface area contributed by atoms with Crippen LogP contribution in [0.5, 0.6) is 0 Å². The first kappa shape index (κ1) is 19.4. The van der Waals surface area contributed by atoms with E-state index in [1.165, 1.54) is 18.2 Å². The number of carbonyl (C=O) groups is 2. The SMILES string of the molecule is COC(=O)c1ccc2cc(C(=O)c3ccc4c(c3)C(C)(C)CC4(C)C)ccc2c1. The quantitative estimate of drug-likeness (QED) is 0.421. The molecule has 0 heterocycles. The first-order valence-electron chi connectivity index (χ1n) is 9.94. The third-order valence-electron chi connectivity index (χ3n) is 6.15. The van der Waals surface area contributed by atoms with Crippen LogP contribution in [-0.2, 0) is 15.6 Å². The van der Waals surface area contributed by atoms with Crippen LogP contribution in [0.15, 0.2) is 54.6 Å². The van der Waals surface area contributed by atoms with Crippen LogP contribution in [0.2, 0.25) is 0 Å². The molecule has 0 spiro atoms. The van der Waals surface area contributed by atoms with Gasteiger partial charge in [-0.1, -0.05) is 58.0 Å². The van der Waals surface area contributed by atoms with Crippen LogP contribution in [0.1, 0.15) is 71.5 Å². The summed E-state index contributed by atoms with van der Waals surface area (Å²) in [5, 5.41) is 1.83. The highest BCUT2D eigenvalue weighted by Gasteiger charge is 2.41. The van der Waals surface area contributed by atoms with Crippen molar-refractivity contribution in [3.05, 3.63) is 82.4 Å². The molecule has 0 saturated carbocycles. The van der Waals surface area contributed by atoms with E-state index < -0.39 is 0 Å². The molecule has 3 heteroatoms. The maximum atomic E-state index is 13.2. The van der Waals surface area contributed by atoms with Gasteiger partial charge in [-0.2, -0.15) is 0 Å². The van der Waals surface area contributed by atoms with Crippen molar-refractivity contribution < 1.29 is 14.3 Å². The lowest BCUT2D eigenvalue weighted by Gasteiger charge is -2.22. The van der Waals surface area contributed by atoms with Gasteiger partial charge in [-0.3, -0.25) is 4.79 Å². The van der Waals surface area contributed by atoms with Crippen molar-refractivity contribution in [3.63, 3.8) is 0 Å². The molecule has 4 rings (SSSR count). The van der Waals surface area contributed by atoms with E-state index in [-0.39, 0.29) is 22.6 Å². The summed E-state index contributed by atoms with van der Waals surface area (Å²) >= 11 is 0. The molecule has 0 atom stereocenters. The van der Waals surface area contributed by atoms with E-state index in [0.717, 1.165) is 22.8 Å². The van der Waals surface area contributed by atoms with Gasteiger partial charge in [0.05, 0.1) is 12.7 Å². The minimum atomic E-state index is -0.365. The van der Waals surface area contributed by atoms with E-state index >= 15 is 0 Å². The van der Waals surface area contributed by atoms with Gasteiger partial charge in [0, 0.05) is 11.1 Å². The number of benzene rings is 3. The number of fused-ring (bicyclic) bond motifs is 2. The Morgan fingerprint density at radius 3 is 1.90 bits per heavy atom. The molecule has 29 heavy (non-hydrogen) atoms. The molecule has 3 nitrogen and oxygen atoms in total. The lowest BCUT2D eigenvalue weighted by Crippen LogP contribution is -2.18. The number of hydrogen-bond donors (Lipinski definition) is 0. The monoisotopic (exact) mass is 386 g/mol. The Morgan fingerprint density at radius 2 is 1.24 bits per heavy atom. The Balaban J connectivity index is 1.72. The molecule has 0 amide bonds. The van der Waals surface area contributed by atoms with E-state index in [1.54, 1.807) is 12.1 Å². The predicted octanol–water partition coefficient (Wildman–Crippen LogP) is 5.82. The molecule has 0 fully saturated rings. The summed E-state index contributed by atoms with van der Waals surface area (Å²) < 4.78 is 4.78. The second kappa shape index (κ2) is 6.55. The molecular weight excluding hydrogens is 360 g/mol. The van der Waals surface area contributed by atoms with Gasteiger partial charge in [0.2, 0.25) is 0 Å². The first-order chi connectivity index (χ1) is 13.6. The number of ether oxygens (including phenoxy) is 1. The van der Waals surface area contributed by atoms with Crippen LogP contribution >= 0.6 is 0 Å². The Labute approximate surface area is 171 Å². The molecule has 0 bridgehead atoms. The van der Waals surface area contributed by atoms with E-state index in [1.807, 2.05) is 30.3 Å². The number of hydrogen-bond acceptors (Lipinski definition) is 3. The van der Waals surface area contributed by atoms with Crippen molar-refractivity contribution in [2.45, 2.75) is 44.9 Å². The van der Waals surface area contributed by atoms with Gasteiger partial charge < -0.3 is 4.74 Å². The van der Waals surface area contributed by atoms with E-state index in [9.17, 15) is 9.59 Å². The van der Waals surface area contributed by atoms with Crippen LogP contribution in [0, 0.1) is 0 Å². The molecule has 0 aromatic heterocycles. The Kier molecular flexibility index (Phi) is 4.38. The van der Waals surface area contributed by atoms with Crippen LogP contribution < -0.4 is 0 Å². The molecule has 3 aromatic carbocycles. The zero-order valence-corrected chi connectivity index (χ0v) is 17.6. The summed E-state index contributed by atoms with van der Waals surface area (Å²) in [4.78, 5) is 24.9. The van der Waals surface area contributed by atoms with E-state index in [2.05, 4.69) is 39.8 Å². The fourth-order valence-corrected chi connectivity index (χ4v) is 4.93. The Bertz CT molecular complexity index is 1150. The number of methoxy groups -OCH3 is 1. The maximum Gasteiger partial charge on any atom is 0.337 e. The van der Waals surface area contributed by atoms with Crippen molar-refractivity contribution in [3.8, 4) is 0 Å². The molecule has 1 aliphatic rings. The average molecular weight is 386 g/mol. The molecule has 148 valence electrons. The molecule has 0 unspecified atom stereocenters. The van der Waals surface area contributed by atoms with Crippen LogP contribution in [0.25, 0.3) is 10.8 Å². The van der Waals surface area contributed by atoms with Crippen LogP contribution in [0.3, 0.4) is 0 Å². The highest BCUT2D eigenvalue weighted by molar-refractivity contribution is 6.11. The molecule has 1 aliphatic carbocycles. The summed E-state index contributed by atoms with van der Waals surface area (Å²) in [5.41, 5.74) is 4.68. The molecule has 0 aliphatic heterocycles. The van der Waals surface area contributed by atoms with Gasteiger partial charge in [0.1, 0.15) is 0 Å². The van der Waals surface area contributed by atoms with Crippen LogP contribution in [0.4, 0.5) is 0 Å². The number of carbonyl (C=O) groups excluding carboxylic acids is 2. The smallest absolute Gasteiger partial charge is 0.337 e. The summed E-state index contributed by atoms with van der Waals surface area (Å²) in [6.45, 7) is 9.05. The summed E-state index contributed by atoms with van der Waals surface area (Å²) in [5.74, 6) is -0.344. The van der Waals surface area contributed by atoms with Crippen molar-refractivity contribution in [2.24, 2.45) is 0 Å². The van der Waals surface area contributed by atoms with Gasteiger partial charge in [0.15, 0.2) is 5.78 Å². The third kappa shape index (κ3) is 3.25. The predicted molar refractivity (Wildman–Crippen MR) is 116 cm³/mol. The molecule has 3 aromatic rings. The minimum Gasteiger partial charge on any atom is -0.465 e.